The molecule has 3 aromatic rings. The average Bonchev–Trinajstić information content (AvgIpc) is 3.14. The number of benzene rings is 2. The van der Waals surface area contributed by atoms with Gasteiger partial charge in [0.05, 0.1) is 31.5 Å². The Bertz CT molecular complexity index is 1000. The van der Waals surface area contributed by atoms with E-state index in [1.807, 2.05) is 35.7 Å². The van der Waals surface area contributed by atoms with Gasteiger partial charge in [-0.15, -0.1) is 11.3 Å². The van der Waals surface area contributed by atoms with Crippen LogP contribution < -0.4 is 14.2 Å². The van der Waals surface area contributed by atoms with Gasteiger partial charge >= 0.3 is 0 Å². The van der Waals surface area contributed by atoms with E-state index >= 15 is 0 Å². The van der Waals surface area contributed by atoms with Gasteiger partial charge in [0.1, 0.15) is 16.4 Å². The van der Waals surface area contributed by atoms with Gasteiger partial charge in [-0.1, -0.05) is 30.3 Å². The number of thiazole rings is 1. The second kappa shape index (κ2) is 8.51. The summed E-state index contributed by atoms with van der Waals surface area (Å²) in [7, 11) is -0.865. The first kappa shape index (κ1) is 19.3. The van der Waals surface area contributed by atoms with Crippen molar-refractivity contribution >= 4 is 21.4 Å². The molecule has 0 spiro atoms. The second-order valence-electron chi connectivity index (χ2n) is 5.74. The summed E-state index contributed by atoms with van der Waals surface area (Å²) in [4.78, 5) is 4.55. The molecule has 0 radical (unpaired) electrons. The maximum atomic E-state index is 12.7. The quantitative estimate of drug-likeness (QED) is 0.624. The smallest absolute Gasteiger partial charge is 0.244 e. The SMILES string of the molecule is COc1ccc(OC)c(S(=O)(=O)NCc2csc(Cc3ccccc3)n2)c1. The van der Waals surface area contributed by atoms with E-state index in [2.05, 4.69) is 9.71 Å². The van der Waals surface area contributed by atoms with E-state index in [4.69, 9.17) is 9.47 Å². The number of aromatic nitrogens is 1. The summed E-state index contributed by atoms with van der Waals surface area (Å²) in [5, 5.41) is 2.80. The lowest BCUT2D eigenvalue weighted by Gasteiger charge is -2.11. The van der Waals surface area contributed by atoms with Crippen molar-refractivity contribution in [1.29, 1.82) is 0 Å². The number of hydrogen-bond acceptors (Lipinski definition) is 6. The highest BCUT2D eigenvalue weighted by Gasteiger charge is 2.20. The van der Waals surface area contributed by atoms with Crippen LogP contribution in [0.15, 0.2) is 58.8 Å². The lowest BCUT2D eigenvalue weighted by molar-refractivity contribution is 0.392. The van der Waals surface area contributed by atoms with Crippen LogP contribution in [0.25, 0.3) is 0 Å². The minimum absolute atomic E-state index is 0.0316. The zero-order chi connectivity index (χ0) is 19.3. The standard InChI is InChI=1S/C19H20N2O4S2/c1-24-16-8-9-17(25-2)18(11-16)27(22,23)20-12-15-13-26-19(21-15)10-14-6-4-3-5-7-14/h3-9,11,13,20H,10,12H2,1-2H3. The molecule has 3 rings (SSSR count). The number of rotatable bonds is 8. The maximum absolute atomic E-state index is 12.7. The van der Waals surface area contributed by atoms with E-state index in [0.29, 0.717) is 11.4 Å². The molecule has 8 heteroatoms. The van der Waals surface area contributed by atoms with Crippen LogP contribution in [0, 0.1) is 0 Å². The molecule has 0 saturated heterocycles. The first-order chi connectivity index (χ1) is 13.0. The van der Waals surface area contributed by atoms with Crippen molar-refractivity contribution in [3.8, 4) is 11.5 Å². The van der Waals surface area contributed by atoms with Crippen molar-refractivity contribution in [3.63, 3.8) is 0 Å². The Morgan fingerprint density at radius 2 is 1.85 bits per heavy atom. The molecule has 0 amide bonds. The molecule has 1 heterocycles. The van der Waals surface area contributed by atoms with Gasteiger partial charge in [-0.25, -0.2) is 18.1 Å². The van der Waals surface area contributed by atoms with Crippen LogP contribution in [0.4, 0.5) is 0 Å². The summed E-state index contributed by atoms with van der Waals surface area (Å²) in [6.45, 7) is 0.105. The van der Waals surface area contributed by atoms with E-state index in [0.717, 1.165) is 11.4 Å². The molecule has 0 fully saturated rings. The van der Waals surface area contributed by atoms with Gasteiger partial charge in [0.15, 0.2) is 0 Å². The Kier molecular flexibility index (Phi) is 6.10. The van der Waals surface area contributed by atoms with Crippen LogP contribution in [0.1, 0.15) is 16.3 Å². The molecule has 142 valence electrons. The van der Waals surface area contributed by atoms with Gasteiger partial charge in [0.25, 0.3) is 0 Å². The van der Waals surface area contributed by atoms with Gasteiger partial charge in [-0.3, -0.25) is 0 Å². The Morgan fingerprint density at radius 1 is 1.07 bits per heavy atom. The lowest BCUT2D eigenvalue weighted by atomic mass is 10.2. The average molecular weight is 405 g/mol. The monoisotopic (exact) mass is 404 g/mol. The molecule has 1 N–H and O–H groups in total. The fraction of sp³-hybridized carbons (Fsp3) is 0.211. The third-order valence-electron chi connectivity index (χ3n) is 3.90. The largest absolute Gasteiger partial charge is 0.497 e. The predicted molar refractivity (Wildman–Crippen MR) is 105 cm³/mol. The molecule has 0 aliphatic heterocycles. The highest BCUT2D eigenvalue weighted by molar-refractivity contribution is 7.89. The van der Waals surface area contributed by atoms with E-state index < -0.39 is 10.0 Å². The number of hydrogen-bond donors (Lipinski definition) is 1. The Hall–Kier alpha value is -2.42. The Balaban J connectivity index is 1.71. The number of nitrogens with zero attached hydrogens (tertiary/aromatic N) is 1. The number of nitrogens with one attached hydrogen (secondary N) is 1. The fourth-order valence-electron chi connectivity index (χ4n) is 2.52. The first-order valence-electron chi connectivity index (χ1n) is 8.20. The van der Waals surface area contributed by atoms with Gasteiger partial charge in [-0.05, 0) is 17.7 Å². The highest BCUT2D eigenvalue weighted by atomic mass is 32.2. The van der Waals surface area contributed by atoms with Crippen LogP contribution in [0.3, 0.4) is 0 Å². The van der Waals surface area contributed by atoms with E-state index in [1.54, 1.807) is 12.1 Å². The zero-order valence-electron chi connectivity index (χ0n) is 15.0. The Morgan fingerprint density at radius 3 is 2.56 bits per heavy atom. The minimum atomic E-state index is -3.77. The summed E-state index contributed by atoms with van der Waals surface area (Å²) < 4.78 is 38.2. The molecule has 2 aromatic carbocycles. The first-order valence-corrected chi connectivity index (χ1v) is 10.6. The normalized spacial score (nSPS) is 11.3. The molecule has 27 heavy (non-hydrogen) atoms. The van der Waals surface area contributed by atoms with Crippen molar-refractivity contribution in [2.24, 2.45) is 0 Å². The van der Waals surface area contributed by atoms with Crippen molar-refractivity contribution in [3.05, 3.63) is 70.2 Å². The summed E-state index contributed by atoms with van der Waals surface area (Å²) in [5.74, 6) is 0.696. The van der Waals surface area contributed by atoms with Crippen molar-refractivity contribution in [2.75, 3.05) is 14.2 Å². The van der Waals surface area contributed by atoms with E-state index in [1.165, 1.54) is 37.2 Å². The van der Waals surface area contributed by atoms with Crippen LogP contribution >= 0.6 is 11.3 Å². The Labute approximate surface area is 162 Å². The number of methoxy groups -OCH3 is 2. The van der Waals surface area contributed by atoms with Gasteiger partial charge in [-0.2, -0.15) is 0 Å². The number of ether oxygens (including phenoxy) is 2. The topological polar surface area (TPSA) is 77.5 Å². The van der Waals surface area contributed by atoms with Crippen LogP contribution in [0.5, 0.6) is 11.5 Å². The molecular formula is C19H20N2O4S2. The van der Waals surface area contributed by atoms with Gasteiger partial charge < -0.3 is 9.47 Å². The lowest BCUT2D eigenvalue weighted by Crippen LogP contribution is -2.24. The van der Waals surface area contributed by atoms with Gasteiger partial charge in [0, 0.05) is 17.9 Å². The molecule has 0 unspecified atom stereocenters. The molecule has 0 aliphatic rings. The summed E-state index contributed by atoms with van der Waals surface area (Å²) in [5.41, 5.74) is 1.84. The molecule has 0 saturated carbocycles. The maximum Gasteiger partial charge on any atom is 0.244 e. The summed E-state index contributed by atoms with van der Waals surface area (Å²) in [6.07, 6.45) is 0.724. The van der Waals surface area contributed by atoms with Crippen LogP contribution in [-0.2, 0) is 23.0 Å². The van der Waals surface area contributed by atoms with Crippen LogP contribution in [0.2, 0.25) is 0 Å². The fourth-order valence-corrected chi connectivity index (χ4v) is 4.53. The molecule has 1 aromatic heterocycles. The minimum Gasteiger partial charge on any atom is -0.497 e. The molecular weight excluding hydrogens is 384 g/mol. The predicted octanol–water partition coefficient (Wildman–Crippen LogP) is 3.23. The van der Waals surface area contributed by atoms with Gasteiger partial charge in [0.2, 0.25) is 10.0 Å². The van der Waals surface area contributed by atoms with E-state index in [-0.39, 0.29) is 17.2 Å². The van der Waals surface area contributed by atoms with Crippen LogP contribution in [-0.4, -0.2) is 27.6 Å². The highest BCUT2D eigenvalue weighted by Crippen LogP contribution is 2.28. The second-order valence-corrected chi connectivity index (χ2v) is 8.41. The zero-order valence-corrected chi connectivity index (χ0v) is 16.6. The molecule has 0 aliphatic carbocycles. The molecule has 0 bridgehead atoms. The van der Waals surface area contributed by atoms with Crippen molar-refractivity contribution in [2.45, 2.75) is 17.9 Å². The van der Waals surface area contributed by atoms with Crippen molar-refractivity contribution in [1.82, 2.24) is 9.71 Å². The van der Waals surface area contributed by atoms with E-state index in [9.17, 15) is 8.42 Å². The summed E-state index contributed by atoms with van der Waals surface area (Å²) >= 11 is 1.51. The number of sulfonamides is 1. The molecule has 6 nitrogen and oxygen atoms in total. The molecule has 0 atom stereocenters. The third-order valence-corrected chi connectivity index (χ3v) is 6.22. The summed E-state index contributed by atoms with van der Waals surface area (Å²) in [6, 6.07) is 14.7. The van der Waals surface area contributed by atoms with Crippen molar-refractivity contribution < 1.29 is 17.9 Å². The third kappa shape index (κ3) is 4.85.